The smallest absolute Gasteiger partial charge is 0.270 e. The summed E-state index contributed by atoms with van der Waals surface area (Å²) in [5.41, 5.74) is 3.52. The number of nitro groups is 1. The topological polar surface area (TPSA) is 84.8 Å². The zero-order valence-electron chi connectivity index (χ0n) is 15.7. The normalized spacial score (nSPS) is 11.4. The summed E-state index contributed by atoms with van der Waals surface area (Å²) < 4.78 is 1.96. The van der Waals surface area contributed by atoms with Gasteiger partial charge in [-0.15, -0.1) is 0 Å². The molecule has 4 aromatic rings. The van der Waals surface area contributed by atoms with Crippen LogP contribution >= 0.6 is 11.6 Å². The van der Waals surface area contributed by atoms with E-state index in [-0.39, 0.29) is 5.69 Å². The number of hydrogen-bond acceptors (Lipinski definition) is 4. The van der Waals surface area contributed by atoms with E-state index in [1.54, 1.807) is 18.2 Å². The predicted octanol–water partition coefficient (Wildman–Crippen LogP) is 5.71. The molecule has 1 aromatic heterocycles. The zero-order valence-corrected chi connectivity index (χ0v) is 16.5. The molecule has 3 aromatic carbocycles. The first kappa shape index (κ1) is 19.4. The van der Waals surface area contributed by atoms with Crippen LogP contribution in [0.15, 0.2) is 72.8 Å². The van der Waals surface area contributed by atoms with Crippen LogP contribution < -0.4 is 0 Å². The van der Waals surface area contributed by atoms with Crippen molar-refractivity contribution in [2.24, 2.45) is 0 Å². The average molecular weight is 415 g/mol. The summed E-state index contributed by atoms with van der Waals surface area (Å²) in [7, 11) is 0. The summed E-state index contributed by atoms with van der Waals surface area (Å²) in [6.45, 7) is 0.501. The lowest BCUT2D eigenvalue weighted by Gasteiger charge is -2.09. The number of aromatic nitrogens is 2. The molecule has 0 bridgehead atoms. The van der Waals surface area contributed by atoms with E-state index in [0.29, 0.717) is 28.5 Å². The number of benzene rings is 3. The molecular weight excluding hydrogens is 400 g/mol. The maximum absolute atomic E-state index is 11.1. The van der Waals surface area contributed by atoms with Crippen LogP contribution in [0.1, 0.15) is 17.0 Å². The Morgan fingerprint density at radius 1 is 1.13 bits per heavy atom. The molecular formula is C23H15ClN4O2. The van der Waals surface area contributed by atoms with Gasteiger partial charge in [-0.1, -0.05) is 48.0 Å². The van der Waals surface area contributed by atoms with Crippen molar-refractivity contribution >= 4 is 40.0 Å². The van der Waals surface area contributed by atoms with Crippen LogP contribution in [0.3, 0.4) is 0 Å². The monoisotopic (exact) mass is 414 g/mol. The Hall–Kier alpha value is -3.95. The summed E-state index contributed by atoms with van der Waals surface area (Å²) in [4.78, 5) is 15.3. The first-order valence-electron chi connectivity index (χ1n) is 9.11. The molecule has 7 heteroatoms. The van der Waals surface area contributed by atoms with Crippen LogP contribution in [0.5, 0.6) is 0 Å². The Labute approximate surface area is 177 Å². The standard InChI is InChI=1S/C23H15ClN4O2/c24-19-10-8-16(9-11-19)15-27-22-7-2-1-6-21(22)26-23(27)18(14-25)12-17-4-3-5-20(13-17)28(29)30/h1-13H,15H2/b18-12+. The minimum atomic E-state index is -0.459. The molecule has 0 amide bonds. The van der Waals surface area contributed by atoms with Crippen LogP contribution in [0.2, 0.25) is 5.02 Å². The first-order chi connectivity index (χ1) is 14.5. The van der Waals surface area contributed by atoms with Crippen LogP contribution in [-0.2, 0) is 6.54 Å². The summed E-state index contributed by atoms with van der Waals surface area (Å²) in [6, 6.07) is 23.5. The highest BCUT2D eigenvalue weighted by molar-refractivity contribution is 6.30. The number of nitrogens with zero attached hydrogens (tertiary/aromatic N) is 4. The summed E-state index contributed by atoms with van der Waals surface area (Å²) in [6.07, 6.45) is 1.62. The summed E-state index contributed by atoms with van der Waals surface area (Å²) in [5, 5.41) is 21.6. The number of hydrogen-bond donors (Lipinski definition) is 0. The van der Waals surface area contributed by atoms with Gasteiger partial charge in [0.05, 0.1) is 21.5 Å². The highest BCUT2D eigenvalue weighted by Gasteiger charge is 2.15. The van der Waals surface area contributed by atoms with E-state index >= 15 is 0 Å². The van der Waals surface area contributed by atoms with Crippen molar-refractivity contribution in [2.75, 3.05) is 0 Å². The van der Waals surface area contributed by atoms with E-state index < -0.39 is 4.92 Å². The van der Waals surface area contributed by atoms with Crippen molar-refractivity contribution in [2.45, 2.75) is 6.54 Å². The van der Waals surface area contributed by atoms with E-state index in [1.807, 2.05) is 53.1 Å². The lowest BCUT2D eigenvalue weighted by atomic mass is 10.1. The van der Waals surface area contributed by atoms with Gasteiger partial charge >= 0.3 is 0 Å². The quantitative estimate of drug-likeness (QED) is 0.238. The van der Waals surface area contributed by atoms with Crippen LogP contribution in [-0.4, -0.2) is 14.5 Å². The minimum absolute atomic E-state index is 0.0318. The molecule has 0 saturated carbocycles. The van der Waals surface area contributed by atoms with Crippen molar-refractivity contribution in [3.05, 3.63) is 105 Å². The lowest BCUT2D eigenvalue weighted by molar-refractivity contribution is -0.384. The van der Waals surface area contributed by atoms with Crippen LogP contribution in [0.25, 0.3) is 22.7 Å². The van der Waals surface area contributed by atoms with Gasteiger partial charge < -0.3 is 4.57 Å². The van der Waals surface area contributed by atoms with Gasteiger partial charge in [-0.25, -0.2) is 4.98 Å². The molecule has 0 spiro atoms. The third-order valence-electron chi connectivity index (χ3n) is 4.66. The van der Waals surface area contributed by atoms with E-state index in [9.17, 15) is 15.4 Å². The largest absolute Gasteiger partial charge is 0.319 e. The molecule has 6 nitrogen and oxygen atoms in total. The fourth-order valence-electron chi connectivity index (χ4n) is 3.26. The van der Waals surface area contributed by atoms with Crippen molar-refractivity contribution in [1.29, 1.82) is 5.26 Å². The van der Waals surface area contributed by atoms with Crippen LogP contribution in [0.4, 0.5) is 5.69 Å². The molecule has 30 heavy (non-hydrogen) atoms. The second-order valence-electron chi connectivity index (χ2n) is 6.66. The predicted molar refractivity (Wildman–Crippen MR) is 117 cm³/mol. The van der Waals surface area contributed by atoms with Crippen molar-refractivity contribution in [3.63, 3.8) is 0 Å². The maximum atomic E-state index is 11.1. The second-order valence-corrected chi connectivity index (χ2v) is 7.10. The molecule has 0 radical (unpaired) electrons. The maximum Gasteiger partial charge on any atom is 0.270 e. The van der Waals surface area contributed by atoms with Crippen molar-refractivity contribution in [3.8, 4) is 6.07 Å². The number of para-hydroxylation sites is 2. The van der Waals surface area contributed by atoms with E-state index in [0.717, 1.165) is 16.6 Å². The Balaban J connectivity index is 1.84. The number of allylic oxidation sites excluding steroid dienone is 1. The Bertz CT molecular complexity index is 1320. The van der Waals surface area contributed by atoms with E-state index in [4.69, 9.17) is 11.6 Å². The number of imidazole rings is 1. The summed E-state index contributed by atoms with van der Waals surface area (Å²) in [5.74, 6) is 0.500. The highest BCUT2D eigenvalue weighted by Crippen LogP contribution is 2.25. The molecule has 1 heterocycles. The molecule has 4 rings (SSSR count). The number of nitro benzene ring substituents is 1. The molecule has 0 N–H and O–H groups in total. The fourth-order valence-corrected chi connectivity index (χ4v) is 3.38. The first-order valence-corrected chi connectivity index (χ1v) is 9.49. The molecule has 146 valence electrons. The fraction of sp³-hybridized carbons (Fsp3) is 0.0435. The summed E-state index contributed by atoms with van der Waals surface area (Å²) >= 11 is 6.00. The third-order valence-corrected chi connectivity index (χ3v) is 4.91. The van der Waals surface area contributed by atoms with Crippen molar-refractivity contribution in [1.82, 2.24) is 9.55 Å². The highest BCUT2D eigenvalue weighted by atomic mass is 35.5. The molecule has 0 aliphatic rings. The van der Waals surface area contributed by atoms with E-state index in [1.165, 1.54) is 12.1 Å². The van der Waals surface area contributed by atoms with Gasteiger partial charge in [0.2, 0.25) is 0 Å². The van der Waals surface area contributed by atoms with Gasteiger partial charge in [0.25, 0.3) is 5.69 Å². The number of non-ortho nitro benzene ring substituents is 1. The SMILES string of the molecule is N#C/C(=C\c1cccc([N+](=O)[O-])c1)c1nc2ccccc2n1Cc1ccc(Cl)cc1. The Morgan fingerprint density at radius 3 is 2.63 bits per heavy atom. The second kappa shape index (κ2) is 8.19. The zero-order chi connectivity index (χ0) is 21.1. The van der Waals surface area contributed by atoms with Gasteiger partial charge in [0.1, 0.15) is 6.07 Å². The van der Waals surface area contributed by atoms with Crippen LogP contribution in [0, 0.1) is 21.4 Å². The number of nitriles is 1. The third kappa shape index (κ3) is 3.93. The number of halogens is 1. The molecule has 0 fully saturated rings. The van der Waals surface area contributed by atoms with Crippen molar-refractivity contribution < 1.29 is 4.92 Å². The Kier molecular flexibility index (Phi) is 5.29. The van der Waals surface area contributed by atoms with Gasteiger partial charge in [-0.05, 0) is 41.5 Å². The molecule has 0 saturated heterocycles. The van der Waals surface area contributed by atoms with Gasteiger partial charge in [0.15, 0.2) is 5.82 Å². The van der Waals surface area contributed by atoms with Gasteiger partial charge in [0, 0.05) is 23.7 Å². The molecule has 0 atom stereocenters. The Morgan fingerprint density at radius 2 is 1.90 bits per heavy atom. The number of fused-ring (bicyclic) bond motifs is 1. The molecule has 0 aliphatic carbocycles. The molecule has 0 unspecified atom stereocenters. The molecule has 0 aliphatic heterocycles. The van der Waals surface area contributed by atoms with Gasteiger partial charge in [-0.3, -0.25) is 10.1 Å². The minimum Gasteiger partial charge on any atom is -0.319 e. The van der Waals surface area contributed by atoms with Gasteiger partial charge in [-0.2, -0.15) is 5.26 Å². The number of rotatable bonds is 5. The van der Waals surface area contributed by atoms with E-state index in [2.05, 4.69) is 11.1 Å². The average Bonchev–Trinajstić information content (AvgIpc) is 3.12. The lowest BCUT2D eigenvalue weighted by Crippen LogP contribution is -2.04.